The minimum absolute atomic E-state index is 0.0128. The Hall–Kier alpha value is -1.04. The van der Waals surface area contributed by atoms with Crippen LogP contribution in [-0.4, -0.2) is 5.91 Å². The van der Waals surface area contributed by atoms with Gasteiger partial charge in [0.1, 0.15) is 4.34 Å². The van der Waals surface area contributed by atoms with Crippen molar-refractivity contribution >= 4 is 56.1 Å². The summed E-state index contributed by atoms with van der Waals surface area (Å²) in [5, 5.41) is 6.25. The molecule has 1 aromatic carbocycles. The molecular formula is C15H16BrClN2OS. The highest BCUT2D eigenvalue weighted by molar-refractivity contribution is 9.10. The first-order chi connectivity index (χ1) is 9.99. The fourth-order valence-corrected chi connectivity index (χ4v) is 3.53. The van der Waals surface area contributed by atoms with E-state index in [0.29, 0.717) is 13.0 Å². The Balaban J connectivity index is 2.08. The van der Waals surface area contributed by atoms with Gasteiger partial charge in [-0.1, -0.05) is 24.6 Å². The number of hydrogen-bond donors (Lipinski definition) is 2. The number of amides is 1. The van der Waals surface area contributed by atoms with E-state index in [2.05, 4.69) is 26.6 Å². The molecule has 21 heavy (non-hydrogen) atoms. The van der Waals surface area contributed by atoms with Crippen molar-refractivity contribution in [3.05, 3.63) is 43.5 Å². The summed E-state index contributed by atoms with van der Waals surface area (Å²) in [5.41, 5.74) is 2.94. The van der Waals surface area contributed by atoms with Crippen LogP contribution < -0.4 is 10.6 Å². The summed E-state index contributed by atoms with van der Waals surface area (Å²) in [6, 6.07) is 7.86. The summed E-state index contributed by atoms with van der Waals surface area (Å²) in [6.07, 6.45) is 0.471. The Labute approximate surface area is 141 Å². The number of carbonyl (C=O) groups excluding carboxylic acids is 1. The molecule has 0 radical (unpaired) electrons. The van der Waals surface area contributed by atoms with E-state index >= 15 is 0 Å². The lowest BCUT2D eigenvalue weighted by Gasteiger charge is -2.11. The molecule has 1 amide bonds. The van der Waals surface area contributed by atoms with Crippen molar-refractivity contribution in [3.8, 4) is 0 Å². The first-order valence-electron chi connectivity index (χ1n) is 6.57. The zero-order valence-corrected chi connectivity index (χ0v) is 15.0. The molecular weight excluding hydrogens is 372 g/mol. The van der Waals surface area contributed by atoms with Crippen LogP contribution in [0.2, 0.25) is 4.34 Å². The van der Waals surface area contributed by atoms with Gasteiger partial charge in [0.05, 0.1) is 0 Å². The molecule has 2 N–H and O–H groups in total. The lowest BCUT2D eigenvalue weighted by atomic mass is 10.1. The number of thiophene rings is 1. The number of anilines is 2. The molecule has 112 valence electrons. The standard InChI is InChI=1S/C15H16BrClN2OS/c1-3-14(20)19-10-5-4-9(2)13(6-10)18-8-11-7-12(16)15(17)21-11/h4-7,18H,3,8H2,1-2H3,(H,19,20). The second-order valence-corrected chi connectivity index (χ2v) is 7.21. The number of hydrogen-bond acceptors (Lipinski definition) is 3. The van der Waals surface area contributed by atoms with Crippen LogP contribution in [0.4, 0.5) is 11.4 Å². The fraction of sp³-hybridized carbons (Fsp3) is 0.267. The molecule has 1 aromatic heterocycles. The number of carbonyl (C=O) groups is 1. The van der Waals surface area contributed by atoms with Gasteiger partial charge in [-0.2, -0.15) is 0 Å². The fourth-order valence-electron chi connectivity index (χ4n) is 1.80. The molecule has 0 saturated heterocycles. The Bertz CT molecular complexity index is 638. The highest BCUT2D eigenvalue weighted by Gasteiger charge is 2.06. The summed E-state index contributed by atoms with van der Waals surface area (Å²) >= 11 is 11.0. The largest absolute Gasteiger partial charge is 0.380 e. The second kappa shape index (κ2) is 7.29. The smallest absolute Gasteiger partial charge is 0.224 e. The Morgan fingerprint density at radius 1 is 1.38 bits per heavy atom. The van der Waals surface area contributed by atoms with Gasteiger partial charge in [0.25, 0.3) is 0 Å². The van der Waals surface area contributed by atoms with Crippen LogP contribution in [0.25, 0.3) is 0 Å². The van der Waals surface area contributed by atoms with Gasteiger partial charge in [0, 0.05) is 33.7 Å². The summed E-state index contributed by atoms with van der Waals surface area (Å²) < 4.78 is 1.68. The van der Waals surface area contributed by atoms with Crippen molar-refractivity contribution < 1.29 is 4.79 Å². The third-order valence-corrected chi connectivity index (χ3v) is 5.47. The van der Waals surface area contributed by atoms with Gasteiger partial charge in [-0.05, 0) is 46.6 Å². The molecule has 1 heterocycles. The first kappa shape index (κ1) is 16.3. The van der Waals surface area contributed by atoms with E-state index in [1.54, 1.807) is 11.3 Å². The van der Waals surface area contributed by atoms with Crippen LogP contribution in [0, 0.1) is 6.92 Å². The van der Waals surface area contributed by atoms with Gasteiger partial charge in [0.2, 0.25) is 5.91 Å². The van der Waals surface area contributed by atoms with Crippen LogP contribution in [0.1, 0.15) is 23.8 Å². The van der Waals surface area contributed by atoms with Gasteiger partial charge in [-0.25, -0.2) is 0 Å². The van der Waals surface area contributed by atoms with E-state index < -0.39 is 0 Å². The summed E-state index contributed by atoms with van der Waals surface area (Å²) in [4.78, 5) is 12.6. The minimum Gasteiger partial charge on any atom is -0.380 e. The average molecular weight is 388 g/mol. The molecule has 0 saturated carbocycles. The monoisotopic (exact) mass is 386 g/mol. The van der Waals surface area contributed by atoms with Gasteiger partial charge < -0.3 is 10.6 Å². The third-order valence-electron chi connectivity index (χ3n) is 2.99. The van der Waals surface area contributed by atoms with Crippen molar-refractivity contribution in [1.29, 1.82) is 0 Å². The first-order valence-corrected chi connectivity index (χ1v) is 8.56. The van der Waals surface area contributed by atoms with Gasteiger partial charge in [-0.3, -0.25) is 4.79 Å². The number of nitrogens with one attached hydrogen (secondary N) is 2. The number of halogens is 2. The molecule has 0 unspecified atom stereocenters. The maximum Gasteiger partial charge on any atom is 0.224 e. The van der Waals surface area contributed by atoms with E-state index in [1.165, 1.54) is 0 Å². The quantitative estimate of drug-likeness (QED) is 0.718. The van der Waals surface area contributed by atoms with E-state index in [9.17, 15) is 4.79 Å². The van der Waals surface area contributed by atoms with Crippen molar-refractivity contribution in [2.75, 3.05) is 10.6 Å². The lowest BCUT2D eigenvalue weighted by molar-refractivity contribution is -0.115. The molecule has 0 aliphatic carbocycles. The molecule has 0 fully saturated rings. The molecule has 6 heteroatoms. The average Bonchev–Trinajstić information content (AvgIpc) is 2.78. The molecule has 0 spiro atoms. The van der Waals surface area contributed by atoms with E-state index in [-0.39, 0.29) is 5.91 Å². The number of rotatable bonds is 5. The van der Waals surface area contributed by atoms with Crippen molar-refractivity contribution in [1.82, 2.24) is 0 Å². The zero-order chi connectivity index (χ0) is 15.4. The van der Waals surface area contributed by atoms with Crippen LogP contribution in [-0.2, 0) is 11.3 Å². The molecule has 0 aliphatic rings. The lowest BCUT2D eigenvalue weighted by Crippen LogP contribution is -2.10. The highest BCUT2D eigenvalue weighted by Crippen LogP contribution is 2.32. The molecule has 2 aromatic rings. The van der Waals surface area contributed by atoms with Gasteiger partial charge in [-0.15, -0.1) is 11.3 Å². The Morgan fingerprint density at radius 2 is 2.14 bits per heavy atom. The summed E-state index contributed by atoms with van der Waals surface area (Å²) in [6.45, 7) is 4.56. The van der Waals surface area contributed by atoms with Crippen LogP contribution in [0.15, 0.2) is 28.7 Å². The van der Waals surface area contributed by atoms with E-state index in [4.69, 9.17) is 11.6 Å². The topological polar surface area (TPSA) is 41.1 Å². The molecule has 0 atom stereocenters. The predicted octanol–water partition coefficient (Wildman–Crippen LogP) is 5.43. The SMILES string of the molecule is CCC(=O)Nc1ccc(C)c(NCc2cc(Br)c(Cl)s2)c1. The van der Waals surface area contributed by atoms with Crippen LogP contribution in [0.5, 0.6) is 0 Å². The van der Waals surface area contributed by atoms with Crippen molar-refractivity contribution in [2.45, 2.75) is 26.8 Å². The summed E-state index contributed by atoms with van der Waals surface area (Å²) in [5.74, 6) is 0.0128. The van der Waals surface area contributed by atoms with Gasteiger partial charge >= 0.3 is 0 Å². The predicted molar refractivity (Wildman–Crippen MR) is 94.5 cm³/mol. The van der Waals surface area contributed by atoms with Crippen molar-refractivity contribution in [3.63, 3.8) is 0 Å². The molecule has 0 bridgehead atoms. The highest BCUT2D eigenvalue weighted by atomic mass is 79.9. The van der Waals surface area contributed by atoms with Crippen molar-refractivity contribution in [2.24, 2.45) is 0 Å². The van der Waals surface area contributed by atoms with E-state index in [1.807, 2.05) is 38.1 Å². The Kier molecular flexibility index (Phi) is 5.67. The second-order valence-electron chi connectivity index (χ2n) is 4.62. The molecule has 3 nitrogen and oxygen atoms in total. The number of benzene rings is 1. The molecule has 0 aliphatic heterocycles. The Morgan fingerprint density at radius 3 is 2.76 bits per heavy atom. The van der Waals surface area contributed by atoms with E-state index in [0.717, 1.165) is 30.6 Å². The number of aryl methyl sites for hydroxylation is 1. The van der Waals surface area contributed by atoms with Gasteiger partial charge in [0.15, 0.2) is 0 Å². The minimum atomic E-state index is 0.0128. The molecule has 2 rings (SSSR count). The summed E-state index contributed by atoms with van der Waals surface area (Å²) in [7, 11) is 0. The zero-order valence-electron chi connectivity index (χ0n) is 11.8. The van der Waals surface area contributed by atoms with Crippen LogP contribution in [0.3, 0.4) is 0 Å². The van der Waals surface area contributed by atoms with Crippen LogP contribution >= 0.6 is 38.9 Å². The maximum absolute atomic E-state index is 11.4. The normalized spacial score (nSPS) is 10.5. The maximum atomic E-state index is 11.4. The third kappa shape index (κ3) is 4.46.